The summed E-state index contributed by atoms with van der Waals surface area (Å²) in [6.07, 6.45) is 0. The van der Waals surface area contributed by atoms with Gasteiger partial charge in [-0.05, 0) is 5.56 Å². The predicted octanol–water partition coefficient (Wildman–Crippen LogP) is -3.94. The Bertz CT molecular complexity index is 313. The fourth-order valence-corrected chi connectivity index (χ4v) is 0.850. The number of aliphatic carboxylic acids is 1. The van der Waals surface area contributed by atoms with E-state index < -0.39 is 11.9 Å². The van der Waals surface area contributed by atoms with E-state index in [9.17, 15) is 14.7 Å². The molecule has 0 atom stereocenters. The normalized spacial score (nSPS) is 8.57. The molecule has 1 rings (SSSR count). The zero-order valence-electron chi connectivity index (χ0n) is 7.82. The molecule has 0 bridgehead atoms. The largest absolute Gasteiger partial charge is 1.00 e. The second-order valence-electron chi connectivity index (χ2n) is 2.46. The maximum atomic E-state index is 10.5. The Morgan fingerprint density at radius 3 is 2.29 bits per heavy atom. The summed E-state index contributed by atoms with van der Waals surface area (Å²) in [4.78, 5) is 20.5. The van der Waals surface area contributed by atoms with Crippen molar-refractivity contribution in [1.29, 1.82) is 0 Å². The summed E-state index contributed by atoms with van der Waals surface area (Å²) < 4.78 is 0. The van der Waals surface area contributed by atoms with Crippen LogP contribution in [0.5, 0.6) is 0 Å². The quantitative estimate of drug-likeness (QED) is 0.392. The van der Waals surface area contributed by atoms with E-state index in [-0.39, 0.29) is 36.1 Å². The van der Waals surface area contributed by atoms with Gasteiger partial charge in [-0.2, -0.15) is 0 Å². The molecule has 0 unspecified atom stereocenters. The van der Waals surface area contributed by atoms with E-state index in [0.717, 1.165) is 5.56 Å². The van der Waals surface area contributed by atoms with E-state index in [0.29, 0.717) is 0 Å². The Hall–Kier alpha value is -0.840. The summed E-state index contributed by atoms with van der Waals surface area (Å²) in [6, 6.07) is 9.02. The summed E-state index contributed by atoms with van der Waals surface area (Å²) >= 11 is 0. The van der Waals surface area contributed by atoms with Gasteiger partial charge in [0.05, 0.1) is 0 Å². The molecule has 1 amide bonds. The van der Waals surface area contributed by atoms with Gasteiger partial charge in [0.25, 0.3) is 5.91 Å². The number of amides is 1. The zero-order chi connectivity index (χ0) is 9.68. The van der Waals surface area contributed by atoms with Crippen molar-refractivity contribution in [3.8, 4) is 0 Å². The first kappa shape index (κ1) is 13.2. The number of benzene rings is 1. The summed E-state index contributed by atoms with van der Waals surface area (Å²) in [5, 5.41) is 12.2. The molecule has 0 aromatic heterocycles. The van der Waals surface area contributed by atoms with Gasteiger partial charge in [0.2, 0.25) is 0 Å². The summed E-state index contributed by atoms with van der Waals surface area (Å²) in [5.74, 6) is -2.81. The van der Waals surface area contributed by atoms with Gasteiger partial charge < -0.3 is 15.2 Å². The van der Waals surface area contributed by atoms with E-state index >= 15 is 0 Å². The Balaban J connectivity index is 0.00000169. The van der Waals surface area contributed by atoms with Crippen molar-refractivity contribution in [2.24, 2.45) is 0 Å². The first-order chi connectivity index (χ1) is 6.20. The molecule has 0 fully saturated rings. The first-order valence-electron chi connectivity index (χ1n) is 3.73. The number of carbonyl (C=O) groups is 2. The number of hydrogen-bond donors (Lipinski definition) is 1. The Kier molecular flexibility index (Phi) is 6.19. The molecule has 14 heavy (non-hydrogen) atoms. The van der Waals surface area contributed by atoms with E-state index in [1.54, 1.807) is 24.3 Å². The van der Waals surface area contributed by atoms with Crippen molar-refractivity contribution >= 4 is 11.9 Å². The van der Waals surface area contributed by atoms with E-state index in [1.165, 1.54) is 0 Å². The second kappa shape index (κ2) is 6.59. The smallest absolute Gasteiger partial charge is 0.540 e. The summed E-state index contributed by atoms with van der Waals surface area (Å²) in [5.41, 5.74) is 0.845. The molecular formula is C9H8NNaO3. The third kappa shape index (κ3) is 4.41. The van der Waals surface area contributed by atoms with Gasteiger partial charge in [-0.3, -0.25) is 4.79 Å². The van der Waals surface area contributed by atoms with Crippen LogP contribution < -0.4 is 40.0 Å². The first-order valence-corrected chi connectivity index (χ1v) is 3.73. The molecule has 0 aliphatic rings. The second-order valence-corrected chi connectivity index (χ2v) is 2.46. The van der Waals surface area contributed by atoms with Crippen molar-refractivity contribution < 1.29 is 44.3 Å². The van der Waals surface area contributed by atoms with Gasteiger partial charge in [0.15, 0.2) is 0 Å². The molecule has 0 saturated heterocycles. The van der Waals surface area contributed by atoms with Crippen molar-refractivity contribution in [3.05, 3.63) is 35.9 Å². The van der Waals surface area contributed by atoms with Crippen LogP contribution in [-0.2, 0) is 16.1 Å². The molecular weight excluding hydrogens is 193 g/mol. The molecule has 5 heteroatoms. The van der Waals surface area contributed by atoms with Crippen LogP contribution in [0.2, 0.25) is 0 Å². The molecule has 0 heterocycles. The van der Waals surface area contributed by atoms with Crippen molar-refractivity contribution in [1.82, 2.24) is 5.32 Å². The van der Waals surface area contributed by atoms with Crippen LogP contribution in [0.3, 0.4) is 0 Å². The fourth-order valence-electron chi connectivity index (χ4n) is 0.850. The van der Waals surface area contributed by atoms with E-state index in [2.05, 4.69) is 5.32 Å². The predicted molar refractivity (Wildman–Crippen MR) is 43.3 cm³/mol. The van der Waals surface area contributed by atoms with Crippen LogP contribution in [0.4, 0.5) is 0 Å². The van der Waals surface area contributed by atoms with Crippen molar-refractivity contribution in [2.45, 2.75) is 6.54 Å². The van der Waals surface area contributed by atoms with Gasteiger partial charge in [-0.1, -0.05) is 30.3 Å². The summed E-state index contributed by atoms with van der Waals surface area (Å²) in [7, 11) is 0. The summed E-state index contributed by atoms with van der Waals surface area (Å²) in [6.45, 7) is 0.202. The number of hydrogen-bond acceptors (Lipinski definition) is 3. The van der Waals surface area contributed by atoms with Crippen LogP contribution in [0.25, 0.3) is 0 Å². The SMILES string of the molecule is O=C([O-])C(=O)NCc1ccccc1.[Na+]. The number of carboxylic acid groups (broad SMARTS) is 1. The third-order valence-electron chi connectivity index (χ3n) is 1.48. The minimum atomic E-state index is -1.71. The van der Waals surface area contributed by atoms with Crippen LogP contribution >= 0.6 is 0 Å². The molecule has 1 aromatic carbocycles. The van der Waals surface area contributed by atoms with E-state index in [4.69, 9.17) is 0 Å². The number of nitrogens with one attached hydrogen (secondary N) is 1. The monoisotopic (exact) mass is 201 g/mol. The average Bonchev–Trinajstić information content (AvgIpc) is 2.15. The molecule has 68 valence electrons. The molecule has 0 spiro atoms. The molecule has 4 nitrogen and oxygen atoms in total. The average molecular weight is 201 g/mol. The third-order valence-corrected chi connectivity index (χ3v) is 1.48. The minimum absolute atomic E-state index is 0. The fraction of sp³-hybridized carbons (Fsp3) is 0.111. The topological polar surface area (TPSA) is 69.2 Å². The van der Waals surface area contributed by atoms with Gasteiger partial charge >= 0.3 is 29.6 Å². The van der Waals surface area contributed by atoms with E-state index in [1.807, 2.05) is 6.07 Å². The maximum Gasteiger partial charge on any atom is 1.00 e. The Labute approximate surface area is 104 Å². The van der Waals surface area contributed by atoms with Gasteiger partial charge in [0.1, 0.15) is 5.97 Å². The van der Waals surface area contributed by atoms with Crippen molar-refractivity contribution in [2.75, 3.05) is 0 Å². The number of carboxylic acids is 1. The Morgan fingerprint density at radius 1 is 1.21 bits per heavy atom. The molecule has 0 saturated carbocycles. The Morgan fingerprint density at radius 2 is 1.79 bits per heavy atom. The van der Waals surface area contributed by atoms with Crippen LogP contribution in [0.1, 0.15) is 5.56 Å². The number of rotatable bonds is 2. The molecule has 0 aliphatic carbocycles. The minimum Gasteiger partial charge on any atom is -0.540 e. The van der Waals surface area contributed by atoms with Crippen molar-refractivity contribution in [3.63, 3.8) is 0 Å². The standard InChI is InChI=1S/C9H9NO3.Na/c11-8(9(12)13)10-6-7-4-2-1-3-5-7;/h1-5H,6H2,(H,10,11)(H,12,13);/q;+1/p-1. The van der Waals surface area contributed by atoms with Gasteiger partial charge in [-0.25, -0.2) is 0 Å². The van der Waals surface area contributed by atoms with Gasteiger partial charge in [0, 0.05) is 6.54 Å². The maximum absolute atomic E-state index is 10.5. The molecule has 1 N–H and O–H groups in total. The number of carbonyl (C=O) groups excluding carboxylic acids is 2. The van der Waals surface area contributed by atoms with Crippen LogP contribution in [0.15, 0.2) is 30.3 Å². The van der Waals surface area contributed by atoms with Crippen LogP contribution in [-0.4, -0.2) is 11.9 Å². The van der Waals surface area contributed by atoms with Gasteiger partial charge in [-0.15, -0.1) is 0 Å². The zero-order valence-corrected chi connectivity index (χ0v) is 9.82. The molecule has 1 aromatic rings. The van der Waals surface area contributed by atoms with Crippen LogP contribution in [0, 0.1) is 0 Å². The molecule has 0 radical (unpaired) electrons. The molecule has 0 aliphatic heterocycles.